The number of hydrogen-bond donors (Lipinski definition) is 2. The first-order valence-electron chi connectivity index (χ1n) is 7.01. The van der Waals surface area contributed by atoms with Crippen LogP contribution in [0.2, 0.25) is 0 Å². The van der Waals surface area contributed by atoms with Gasteiger partial charge in [-0.25, -0.2) is 9.78 Å². The Bertz CT molecular complexity index is 783. The first kappa shape index (κ1) is 14.1. The lowest BCUT2D eigenvalue weighted by molar-refractivity contribution is 0.0520. The Morgan fingerprint density at radius 2 is 2.14 bits per heavy atom. The Balaban J connectivity index is 1.57. The first-order chi connectivity index (χ1) is 10.7. The highest BCUT2D eigenvalue weighted by molar-refractivity contribution is 5.89. The number of fused-ring (bicyclic) bond motifs is 1. The van der Waals surface area contributed by atoms with E-state index in [1.54, 1.807) is 18.3 Å². The molecule has 2 aromatic heterocycles. The lowest BCUT2D eigenvalue weighted by atomic mass is 10.2. The van der Waals surface area contributed by atoms with Crippen LogP contribution in [0.3, 0.4) is 0 Å². The molecule has 6 nitrogen and oxygen atoms in total. The minimum absolute atomic E-state index is 0.286. The molecule has 0 aliphatic carbocycles. The zero-order chi connectivity index (χ0) is 15.4. The molecule has 112 valence electrons. The quantitative estimate of drug-likeness (QED) is 0.558. The minimum Gasteiger partial charge on any atom is -0.460 e. The molecular weight excluding hydrogens is 280 g/mol. The molecule has 3 aromatic rings. The zero-order valence-corrected chi connectivity index (χ0v) is 12.2. The summed E-state index contributed by atoms with van der Waals surface area (Å²) in [6.07, 6.45) is 1.72. The molecule has 22 heavy (non-hydrogen) atoms. The van der Waals surface area contributed by atoms with Gasteiger partial charge in [-0.15, -0.1) is 0 Å². The third kappa shape index (κ3) is 3.06. The third-order valence-corrected chi connectivity index (χ3v) is 3.21. The van der Waals surface area contributed by atoms with Crippen molar-refractivity contribution < 1.29 is 9.53 Å². The van der Waals surface area contributed by atoms with Crippen molar-refractivity contribution in [2.45, 2.75) is 6.92 Å². The fraction of sp³-hybridized carbons (Fsp3) is 0.188. The van der Waals surface area contributed by atoms with Crippen LogP contribution in [0.1, 0.15) is 16.1 Å². The summed E-state index contributed by atoms with van der Waals surface area (Å²) in [5, 5.41) is 11.0. The first-order valence-corrected chi connectivity index (χ1v) is 7.01. The van der Waals surface area contributed by atoms with Gasteiger partial charge in [0.05, 0.1) is 17.1 Å². The molecular formula is C16H16N4O2. The van der Waals surface area contributed by atoms with Crippen molar-refractivity contribution in [1.29, 1.82) is 0 Å². The molecule has 0 saturated heterocycles. The largest absolute Gasteiger partial charge is 0.460 e. The van der Waals surface area contributed by atoms with E-state index in [0.29, 0.717) is 12.1 Å². The maximum atomic E-state index is 11.8. The molecule has 6 heteroatoms. The number of hydrogen-bond acceptors (Lipinski definition) is 5. The van der Waals surface area contributed by atoms with Crippen molar-refractivity contribution >= 4 is 22.7 Å². The van der Waals surface area contributed by atoms with Crippen LogP contribution in [0.15, 0.2) is 42.6 Å². The molecule has 0 fully saturated rings. The Morgan fingerprint density at radius 3 is 2.95 bits per heavy atom. The van der Waals surface area contributed by atoms with E-state index in [4.69, 9.17) is 4.74 Å². The zero-order valence-electron chi connectivity index (χ0n) is 12.2. The van der Waals surface area contributed by atoms with Gasteiger partial charge in [0.1, 0.15) is 6.61 Å². The molecule has 0 aliphatic heterocycles. The molecule has 0 spiro atoms. The van der Waals surface area contributed by atoms with E-state index in [9.17, 15) is 4.79 Å². The monoisotopic (exact) mass is 296 g/mol. The van der Waals surface area contributed by atoms with E-state index in [2.05, 4.69) is 20.5 Å². The van der Waals surface area contributed by atoms with Crippen LogP contribution in [0.5, 0.6) is 0 Å². The molecule has 2 heterocycles. The SMILES string of the molecule is Cc1cc(NCCOC(=O)c2ccccc2)c2cn[nH]c2n1. The van der Waals surface area contributed by atoms with Crippen LogP contribution in [-0.4, -0.2) is 34.3 Å². The molecule has 0 unspecified atom stereocenters. The summed E-state index contributed by atoms with van der Waals surface area (Å²) < 4.78 is 5.23. The number of anilines is 1. The lowest BCUT2D eigenvalue weighted by Gasteiger charge is -2.09. The van der Waals surface area contributed by atoms with Crippen LogP contribution in [0.25, 0.3) is 11.0 Å². The molecule has 0 aliphatic rings. The summed E-state index contributed by atoms with van der Waals surface area (Å²) in [5.41, 5.74) is 3.11. The summed E-state index contributed by atoms with van der Waals surface area (Å²) in [6, 6.07) is 10.9. The van der Waals surface area contributed by atoms with Crippen molar-refractivity contribution in [3.63, 3.8) is 0 Å². The van der Waals surface area contributed by atoms with E-state index >= 15 is 0 Å². The van der Waals surface area contributed by atoms with Gasteiger partial charge in [0.15, 0.2) is 5.65 Å². The van der Waals surface area contributed by atoms with Crippen molar-refractivity contribution in [2.24, 2.45) is 0 Å². The number of pyridine rings is 1. The smallest absolute Gasteiger partial charge is 0.338 e. The number of nitrogens with one attached hydrogen (secondary N) is 2. The van der Waals surface area contributed by atoms with Gasteiger partial charge < -0.3 is 10.1 Å². The van der Waals surface area contributed by atoms with E-state index < -0.39 is 0 Å². The maximum Gasteiger partial charge on any atom is 0.338 e. The topological polar surface area (TPSA) is 79.9 Å². The normalized spacial score (nSPS) is 10.6. The molecule has 0 atom stereocenters. The van der Waals surface area contributed by atoms with Crippen LogP contribution in [-0.2, 0) is 4.74 Å². The number of rotatable bonds is 5. The van der Waals surface area contributed by atoms with Crippen molar-refractivity contribution in [3.05, 3.63) is 53.9 Å². The van der Waals surface area contributed by atoms with Crippen LogP contribution in [0, 0.1) is 6.92 Å². The number of carbonyl (C=O) groups is 1. The number of H-pyrrole nitrogens is 1. The molecule has 0 saturated carbocycles. The van der Waals surface area contributed by atoms with E-state index in [-0.39, 0.29) is 12.6 Å². The van der Waals surface area contributed by atoms with Crippen molar-refractivity contribution in [2.75, 3.05) is 18.5 Å². The Labute approximate surface area is 127 Å². The van der Waals surface area contributed by atoms with Gasteiger partial charge in [-0.1, -0.05) is 18.2 Å². The van der Waals surface area contributed by atoms with Gasteiger partial charge in [-0.05, 0) is 25.1 Å². The van der Waals surface area contributed by atoms with Crippen LogP contribution >= 0.6 is 0 Å². The standard InChI is InChI=1S/C16H16N4O2/c1-11-9-14(13-10-18-20-15(13)19-11)17-7-8-22-16(21)12-5-3-2-4-6-12/h2-6,9-10H,7-8H2,1H3,(H2,17,18,19,20). The van der Waals surface area contributed by atoms with Gasteiger partial charge in [0.25, 0.3) is 0 Å². The predicted octanol–water partition coefficient (Wildman–Crippen LogP) is 2.54. The second-order valence-corrected chi connectivity index (χ2v) is 4.87. The highest BCUT2D eigenvalue weighted by Gasteiger charge is 2.07. The summed E-state index contributed by atoms with van der Waals surface area (Å²) in [6.45, 7) is 2.72. The van der Waals surface area contributed by atoms with Gasteiger partial charge in [-0.3, -0.25) is 5.10 Å². The highest BCUT2D eigenvalue weighted by atomic mass is 16.5. The minimum atomic E-state index is -0.318. The maximum absolute atomic E-state index is 11.8. The van der Waals surface area contributed by atoms with Gasteiger partial charge in [0, 0.05) is 17.9 Å². The van der Waals surface area contributed by atoms with Crippen LogP contribution in [0.4, 0.5) is 5.69 Å². The number of ether oxygens (including phenoxy) is 1. The number of benzene rings is 1. The summed E-state index contributed by atoms with van der Waals surface area (Å²) in [7, 11) is 0. The number of aryl methyl sites for hydroxylation is 1. The molecule has 0 radical (unpaired) electrons. The second-order valence-electron chi connectivity index (χ2n) is 4.87. The van der Waals surface area contributed by atoms with Gasteiger partial charge in [0.2, 0.25) is 0 Å². The third-order valence-electron chi connectivity index (χ3n) is 3.21. The second kappa shape index (κ2) is 6.26. The van der Waals surface area contributed by atoms with Crippen molar-refractivity contribution in [1.82, 2.24) is 15.2 Å². The Morgan fingerprint density at radius 1 is 1.32 bits per heavy atom. The van der Waals surface area contributed by atoms with E-state index in [0.717, 1.165) is 22.4 Å². The fourth-order valence-corrected chi connectivity index (χ4v) is 2.19. The molecule has 0 bridgehead atoms. The number of esters is 1. The average molecular weight is 296 g/mol. The summed E-state index contributed by atoms with van der Waals surface area (Å²) in [4.78, 5) is 16.2. The summed E-state index contributed by atoms with van der Waals surface area (Å²) in [5.74, 6) is -0.318. The van der Waals surface area contributed by atoms with Gasteiger partial charge in [-0.2, -0.15) is 5.10 Å². The van der Waals surface area contributed by atoms with Crippen LogP contribution < -0.4 is 5.32 Å². The number of nitrogens with zero attached hydrogens (tertiary/aromatic N) is 2. The van der Waals surface area contributed by atoms with E-state index in [1.165, 1.54) is 0 Å². The lowest BCUT2D eigenvalue weighted by Crippen LogP contribution is -2.14. The Hall–Kier alpha value is -2.89. The molecule has 1 aromatic carbocycles. The number of carbonyl (C=O) groups excluding carboxylic acids is 1. The van der Waals surface area contributed by atoms with Crippen molar-refractivity contribution in [3.8, 4) is 0 Å². The van der Waals surface area contributed by atoms with E-state index in [1.807, 2.05) is 31.2 Å². The van der Waals surface area contributed by atoms with Gasteiger partial charge >= 0.3 is 5.97 Å². The highest BCUT2D eigenvalue weighted by Crippen LogP contribution is 2.20. The average Bonchev–Trinajstić information content (AvgIpc) is 3.00. The predicted molar refractivity (Wildman–Crippen MR) is 83.8 cm³/mol. The Kier molecular flexibility index (Phi) is 4.00. The molecule has 3 rings (SSSR count). The number of aromatic amines is 1. The molecule has 0 amide bonds. The summed E-state index contributed by atoms with van der Waals surface area (Å²) >= 11 is 0. The molecule has 2 N–H and O–H groups in total. The number of aromatic nitrogens is 3. The fourth-order valence-electron chi connectivity index (χ4n) is 2.19.